The van der Waals surface area contributed by atoms with Gasteiger partial charge in [-0.1, -0.05) is 5.16 Å². The lowest BCUT2D eigenvalue weighted by Crippen LogP contribution is -2.21. The highest BCUT2D eigenvalue weighted by Gasteiger charge is 2.19. The first-order chi connectivity index (χ1) is 8.49. The van der Waals surface area contributed by atoms with Crippen LogP contribution in [0.15, 0.2) is 23.4 Å². The first-order valence-corrected chi connectivity index (χ1v) is 6.19. The molecule has 98 valence electrons. The number of hydrogen-bond acceptors (Lipinski definition) is 4. The van der Waals surface area contributed by atoms with Gasteiger partial charge in [0.1, 0.15) is 5.75 Å². The van der Waals surface area contributed by atoms with Crippen LogP contribution in [0.5, 0.6) is 5.75 Å². The van der Waals surface area contributed by atoms with Crippen molar-refractivity contribution in [1.29, 1.82) is 0 Å². The van der Waals surface area contributed by atoms with Crippen molar-refractivity contribution in [3.05, 3.63) is 29.3 Å². The third-order valence-corrected chi connectivity index (χ3v) is 3.12. The van der Waals surface area contributed by atoms with Gasteiger partial charge < -0.3 is 15.1 Å². The second-order valence-corrected chi connectivity index (χ2v) is 5.28. The van der Waals surface area contributed by atoms with Gasteiger partial charge in [0.25, 0.3) is 0 Å². The lowest BCUT2D eigenvalue weighted by atomic mass is 10.1. The third kappa shape index (κ3) is 3.01. The molecular weight excluding hydrogens is 230 g/mol. The topological polar surface area (TPSA) is 62.0 Å². The molecule has 0 bridgehead atoms. The largest absolute Gasteiger partial charge is 0.493 e. The number of oxime groups is 1. The molecule has 4 nitrogen and oxygen atoms in total. The number of ether oxygens (including phenoxy) is 1. The molecule has 2 N–H and O–H groups in total. The summed E-state index contributed by atoms with van der Waals surface area (Å²) in [5, 5.41) is 21.7. The van der Waals surface area contributed by atoms with E-state index in [0.29, 0.717) is 13.0 Å². The van der Waals surface area contributed by atoms with Gasteiger partial charge in [-0.3, -0.25) is 0 Å². The zero-order valence-corrected chi connectivity index (χ0v) is 10.8. The molecular formula is C14H19NO3. The van der Waals surface area contributed by atoms with Crippen molar-refractivity contribution < 1.29 is 15.1 Å². The van der Waals surface area contributed by atoms with Crippen LogP contribution in [0.3, 0.4) is 0 Å². The fourth-order valence-corrected chi connectivity index (χ4v) is 2.06. The molecule has 2 rings (SSSR count). The molecule has 1 aliphatic carbocycles. The number of nitrogens with zero attached hydrogens (tertiary/aromatic N) is 1. The second-order valence-electron chi connectivity index (χ2n) is 5.28. The molecule has 0 aliphatic heterocycles. The van der Waals surface area contributed by atoms with E-state index in [1.165, 1.54) is 0 Å². The Morgan fingerprint density at radius 3 is 2.78 bits per heavy atom. The maximum atomic E-state index is 9.59. The van der Waals surface area contributed by atoms with Gasteiger partial charge in [-0.15, -0.1) is 0 Å². The molecule has 0 saturated heterocycles. The minimum Gasteiger partial charge on any atom is -0.493 e. The number of aryl methyl sites for hydroxylation is 1. The molecule has 0 amide bonds. The zero-order valence-electron chi connectivity index (χ0n) is 10.8. The number of hydrogen-bond donors (Lipinski definition) is 2. The summed E-state index contributed by atoms with van der Waals surface area (Å²) in [6.07, 6.45) is 2.25. The van der Waals surface area contributed by atoms with E-state index in [2.05, 4.69) is 5.16 Å². The van der Waals surface area contributed by atoms with Gasteiger partial charge in [-0.25, -0.2) is 0 Å². The molecule has 1 aromatic carbocycles. The Bertz CT molecular complexity index is 461. The van der Waals surface area contributed by atoms with Crippen molar-refractivity contribution in [2.75, 3.05) is 6.61 Å². The molecule has 0 radical (unpaired) electrons. The molecule has 0 fully saturated rings. The predicted octanol–water partition coefficient (Wildman–Crippen LogP) is 2.35. The summed E-state index contributed by atoms with van der Waals surface area (Å²) in [4.78, 5) is 0. The van der Waals surface area contributed by atoms with Gasteiger partial charge in [0.15, 0.2) is 0 Å². The third-order valence-electron chi connectivity index (χ3n) is 3.12. The normalized spacial score (nSPS) is 16.9. The molecule has 1 aromatic rings. The Morgan fingerprint density at radius 2 is 2.11 bits per heavy atom. The Balaban J connectivity index is 2.01. The van der Waals surface area contributed by atoms with Crippen molar-refractivity contribution in [2.24, 2.45) is 5.16 Å². The standard InChI is InChI=1S/C14H19NO3/c1-14(2,16)7-8-18-11-4-5-12-10(9-11)3-6-13(12)15-17/h4-5,9,16-17H,3,6-8H2,1-2H3/b15-13+. The van der Waals surface area contributed by atoms with Gasteiger partial charge in [-0.05, 0) is 50.5 Å². The molecule has 1 aliphatic rings. The van der Waals surface area contributed by atoms with E-state index in [9.17, 15) is 5.11 Å². The van der Waals surface area contributed by atoms with Crippen LogP contribution >= 0.6 is 0 Å². The molecule has 0 heterocycles. The Labute approximate surface area is 107 Å². The summed E-state index contributed by atoms with van der Waals surface area (Å²) in [7, 11) is 0. The van der Waals surface area contributed by atoms with Crippen molar-refractivity contribution in [2.45, 2.75) is 38.7 Å². The first kappa shape index (κ1) is 12.9. The van der Waals surface area contributed by atoms with E-state index >= 15 is 0 Å². The molecule has 18 heavy (non-hydrogen) atoms. The van der Waals surface area contributed by atoms with Crippen LogP contribution in [0.4, 0.5) is 0 Å². The van der Waals surface area contributed by atoms with Crippen molar-refractivity contribution in [1.82, 2.24) is 0 Å². The summed E-state index contributed by atoms with van der Waals surface area (Å²) in [5.74, 6) is 0.803. The Hall–Kier alpha value is -1.55. The Morgan fingerprint density at radius 1 is 1.33 bits per heavy atom. The summed E-state index contributed by atoms with van der Waals surface area (Å²) < 4.78 is 5.61. The summed E-state index contributed by atoms with van der Waals surface area (Å²) >= 11 is 0. The van der Waals surface area contributed by atoms with Gasteiger partial charge in [-0.2, -0.15) is 0 Å². The minimum atomic E-state index is -0.701. The van der Waals surface area contributed by atoms with E-state index in [-0.39, 0.29) is 0 Å². The van der Waals surface area contributed by atoms with E-state index in [0.717, 1.165) is 35.4 Å². The number of benzene rings is 1. The van der Waals surface area contributed by atoms with Crippen LogP contribution < -0.4 is 4.74 Å². The van der Waals surface area contributed by atoms with Gasteiger partial charge in [0.2, 0.25) is 0 Å². The average molecular weight is 249 g/mol. The first-order valence-electron chi connectivity index (χ1n) is 6.19. The van der Waals surface area contributed by atoms with E-state index in [4.69, 9.17) is 9.94 Å². The highest BCUT2D eigenvalue weighted by molar-refractivity contribution is 6.04. The molecule has 0 spiro atoms. The molecule has 0 aromatic heterocycles. The SMILES string of the molecule is CC(C)(O)CCOc1ccc2c(c1)CC/C2=N\O. The van der Waals surface area contributed by atoms with E-state index < -0.39 is 5.60 Å². The fourth-order valence-electron chi connectivity index (χ4n) is 2.06. The second kappa shape index (κ2) is 4.98. The molecule has 0 saturated carbocycles. The van der Waals surface area contributed by atoms with Crippen molar-refractivity contribution >= 4 is 5.71 Å². The monoisotopic (exact) mass is 249 g/mol. The quantitative estimate of drug-likeness (QED) is 0.636. The van der Waals surface area contributed by atoms with Crippen LogP contribution in [0.2, 0.25) is 0 Å². The zero-order chi connectivity index (χ0) is 13.2. The fraction of sp³-hybridized carbons (Fsp3) is 0.500. The van der Waals surface area contributed by atoms with Gasteiger partial charge in [0.05, 0.1) is 17.9 Å². The lowest BCUT2D eigenvalue weighted by molar-refractivity contribution is 0.0553. The van der Waals surface area contributed by atoms with Gasteiger partial charge >= 0.3 is 0 Å². The summed E-state index contributed by atoms with van der Waals surface area (Å²) in [6.45, 7) is 4.02. The highest BCUT2D eigenvalue weighted by atomic mass is 16.5. The van der Waals surface area contributed by atoms with Crippen molar-refractivity contribution in [3.8, 4) is 5.75 Å². The van der Waals surface area contributed by atoms with Crippen LogP contribution in [-0.4, -0.2) is 28.2 Å². The predicted molar refractivity (Wildman–Crippen MR) is 69.5 cm³/mol. The Kier molecular flexibility index (Phi) is 3.57. The van der Waals surface area contributed by atoms with Crippen molar-refractivity contribution in [3.63, 3.8) is 0 Å². The molecule has 0 unspecified atom stereocenters. The van der Waals surface area contributed by atoms with E-state index in [1.807, 2.05) is 18.2 Å². The lowest BCUT2D eigenvalue weighted by Gasteiger charge is -2.17. The smallest absolute Gasteiger partial charge is 0.119 e. The van der Waals surface area contributed by atoms with Gasteiger partial charge in [0, 0.05) is 12.0 Å². The summed E-state index contributed by atoms with van der Waals surface area (Å²) in [5.41, 5.74) is 2.21. The van der Waals surface area contributed by atoms with Crippen LogP contribution in [0, 0.1) is 0 Å². The van der Waals surface area contributed by atoms with Crippen LogP contribution in [0.1, 0.15) is 37.8 Å². The average Bonchev–Trinajstić information content (AvgIpc) is 2.69. The number of aliphatic hydroxyl groups is 1. The van der Waals surface area contributed by atoms with Crippen LogP contribution in [0.25, 0.3) is 0 Å². The number of rotatable bonds is 4. The maximum absolute atomic E-state index is 9.59. The number of fused-ring (bicyclic) bond motifs is 1. The highest BCUT2D eigenvalue weighted by Crippen LogP contribution is 2.27. The molecule has 0 atom stereocenters. The summed E-state index contributed by atoms with van der Waals surface area (Å²) in [6, 6.07) is 5.79. The molecule has 4 heteroatoms. The van der Waals surface area contributed by atoms with Crippen LogP contribution in [-0.2, 0) is 6.42 Å². The maximum Gasteiger partial charge on any atom is 0.119 e. The van der Waals surface area contributed by atoms with E-state index in [1.54, 1.807) is 13.8 Å². The minimum absolute atomic E-state index is 0.489.